The number of hydrogen-bond acceptors (Lipinski definition) is 5. The number of nitrogens with zero attached hydrogens (tertiary/aromatic N) is 2. The molecule has 1 atom stereocenters. The van der Waals surface area contributed by atoms with Crippen molar-refractivity contribution in [1.29, 1.82) is 0 Å². The summed E-state index contributed by atoms with van der Waals surface area (Å²) in [6, 6.07) is 0. The van der Waals surface area contributed by atoms with E-state index in [1.54, 1.807) is 0 Å². The van der Waals surface area contributed by atoms with Gasteiger partial charge in [-0.15, -0.1) is 0 Å². The highest BCUT2D eigenvalue weighted by Gasteiger charge is 2.23. The van der Waals surface area contributed by atoms with Crippen LogP contribution in [-0.2, 0) is 0 Å². The van der Waals surface area contributed by atoms with E-state index in [0.29, 0.717) is 11.7 Å². The topological polar surface area (TPSA) is 73.7 Å². The highest BCUT2D eigenvalue weighted by atomic mass is 32.1. The van der Waals surface area contributed by atoms with Crippen LogP contribution < -0.4 is 4.90 Å². The second-order valence-corrected chi connectivity index (χ2v) is 4.21. The SMILES string of the molecule is O=C(O)c1cnc(N2CCC(O)C2)s1. The Morgan fingerprint density at radius 3 is 3.00 bits per heavy atom. The first-order valence-corrected chi connectivity index (χ1v) is 5.10. The first-order chi connectivity index (χ1) is 6.66. The van der Waals surface area contributed by atoms with Crippen LogP contribution in [0.4, 0.5) is 5.13 Å². The molecule has 0 amide bonds. The Hall–Kier alpha value is -1.14. The fraction of sp³-hybridized carbons (Fsp3) is 0.500. The van der Waals surface area contributed by atoms with Crippen molar-refractivity contribution in [2.24, 2.45) is 0 Å². The van der Waals surface area contributed by atoms with Crippen LogP contribution in [0.2, 0.25) is 0 Å². The molecule has 1 unspecified atom stereocenters. The fourth-order valence-electron chi connectivity index (χ4n) is 1.43. The molecule has 14 heavy (non-hydrogen) atoms. The molecule has 1 aromatic rings. The summed E-state index contributed by atoms with van der Waals surface area (Å²) in [7, 11) is 0. The zero-order chi connectivity index (χ0) is 10.1. The van der Waals surface area contributed by atoms with Crippen LogP contribution in [0.5, 0.6) is 0 Å². The summed E-state index contributed by atoms with van der Waals surface area (Å²) in [6.45, 7) is 1.29. The highest BCUT2D eigenvalue weighted by molar-refractivity contribution is 7.17. The number of rotatable bonds is 2. The molecule has 5 nitrogen and oxygen atoms in total. The Morgan fingerprint density at radius 1 is 1.71 bits per heavy atom. The summed E-state index contributed by atoms with van der Waals surface area (Å²) in [5.41, 5.74) is 0. The van der Waals surface area contributed by atoms with Crippen molar-refractivity contribution in [1.82, 2.24) is 4.98 Å². The first kappa shape index (κ1) is 9.42. The number of carbonyl (C=O) groups is 1. The van der Waals surface area contributed by atoms with Crippen molar-refractivity contribution in [3.05, 3.63) is 11.1 Å². The third kappa shape index (κ3) is 1.71. The summed E-state index contributed by atoms with van der Waals surface area (Å²) in [5.74, 6) is -0.950. The van der Waals surface area contributed by atoms with Crippen LogP contribution in [0.3, 0.4) is 0 Å². The number of aliphatic hydroxyl groups is 1. The number of hydrogen-bond donors (Lipinski definition) is 2. The van der Waals surface area contributed by atoms with E-state index < -0.39 is 5.97 Å². The maximum atomic E-state index is 10.6. The minimum absolute atomic E-state index is 0.237. The van der Waals surface area contributed by atoms with E-state index in [0.717, 1.165) is 24.3 Å². The van der Waals surface area contributed by atoms with Crippen LogP contribution in [-0.4, -0.2) is 40.4 Å². The second kappa shape index (κ2) is 3.55. The maximum absolute atomic E-state index is 10.6. The molecular weight excluding hydrogens is 204 g/mol. The number of aliphatic hydroxyl groups excluding tert-OH is 1. The van der Waals surface area contributed by atoms with Gasteiger partial charge in [0.1, 0.15) is 4.88 Å². The summed E-state index contributed by atoms with van der Waals surface area (Å²) in [4.78, 5) is 16.7. The van der Waals surface area contributed by atoms with Gasteiger partial charge < -0.3 is 15.1 Å². The van der Waals surface area contributed by atoms with Crippen molar-refractivity contribution in [2.45, 2.75) is 12.5 Å². The van der Waals surface area contributed by atoms with E-state index >= 15 is 0 Å². The maximum Gasteiger partial charge on any atom is 0.347 e. The number of β-amino-alcohol motifs (C(OH)–C–C–N with tert-alkyl or cyclic N) is 1. The van der Waals surface area contributed by atoms with Crippen LogP contribution >= 0.6 is 11.3 Å². The van der Waals surface area contributed by atoms with Gasteiger partial charge in [0.25, 0.3) is 0 Å². The molecule has 0 aromatic carbocycles. The van der Waals surface area contributed by atoms with Crippen molar-refractivity contribution in [2.75, 3.05) is 18.0 Å². The minimum atomic E-state index is -0.950. The zero-order valence-corrected chi connectivity index (χ0v) is 8.20. The Kier molecular flexibility index (Phi) is 2.39. The molecule has 1 fully saturated rings. The third-order valence-corrected chi connectivity index (χ3v) is 3.18. The third-order valence-electron chi connectivity index (χ3n) is 2.14. The van der Waals surface area contributed by atoms with Gasteiger partial charge in [0.2, 0.25) is 0 Å². The Balaban J connectivity index is 2.13. The molecule has 0 bridgehead atoms. The summed E-state index contributed by atoms with van der Waals surface area (Å²) in [6.07, 6.45) is 1.77. The van der Waals surface area contributed by atoms with E-state index in [4.69, 9.17) is 5.11 Å². The summed E-state index contributed by atoms with van der Waals surface area (Å²) in [5, 5.41) is 18.7. The molecule has 1 aliphatic heterocycles. The monoisotopic (exact) mass is 214 g/mol. The van der Waals surface area contributed by atoms with E-state index in [2.05, 4.69) is 4.98 Å². The van der Waals surface area contributed by atoms with Gasteiger partial charge in [0, 0.05) is 13.1 Å². The average Bonchev–Trinajstić information content (AvgIpc) is 2.70. The van der Waals surface area contributed by atoms with Crippen LogP contribution in [0.15, 0.2) is 6.20 Å². The molecule has 1 aliphatic rings. The van der Waals surface area contributed by atoms with Gasteiger partial charge in [-0.1, -0.05) is 11.3 Å². The molecule has 6 heteroatoms. The predicted octanol–water partition coefficient (Wildman–Crippen LogP) is 0.412. The number of carboxylic acid groups (broad SMARTS) is 1. The fourth-order valence-corrected chi connectivity index (χ4v) is 2.22. The average molecular weight is 214 g/mol. The van der Waals surface area contributed by atoms with Crippen molar-refractivity contribution in [3.63, 3.8) is 0 Å². The molecule has 2 heterocycles. The Bertz CT molecular complexity index is 352. The van der Waals surface area contributed by atoms with Gasteiger partial charge in [-0.25, -0.2) is 9.78 Å². The van der Waals surface area contributed by atoms with Crippen molar-refractivity contribution in [3.8, 4) is 0 Å². The number of aromatic nitrogens is 1. The largest absolute Gasteiger partial charge is 0.477 e. The molecule has 0 radical (unpaired) electrons. The van der Waals surface area contributed by atoms with Gasteiger partial charge in [0.05, 0.1) is 12.3 Å². The zero-order valence-electron chi connectivity index (χ0n) is 7.38. The molecule has 1 saturated heterocycles. The van der Waals surface area contributed by atoms with Crippen LogP contribution in [0.25, 0.3) is 0 Å². The number of anilines is 1. The molecule has 2 N–H and O–H groups in total. The molecule has 76 valence electrons. The second-order valence-electron chi connectivity index (χ2n) is 3.20. The normalized spacial score (nSPS) is 21.5. The van der Waals surface area contributed by atoms with Gasteiger partial charge in [0.15, 0.2) is 5.13 Å². The Labute approximate surface area is 84.6 Å². The molecule has 0 spiro atoms. The summed E-state index contributed by atoms with van der Waals surface area (Å²) >= 11 is 1.14. The number of thiazole rings is 1. The lowest BCUT2D eigenvalue weighted by Crippen LogP contribution is -2.20. The van der Waals surface area contributed by atoms with E-state index in [1.165, 1.54) is 6.20 Å². The van der Waals surface area contributed by atoms with Crippen molar-refractivity contribution >= 4 is 22.4 Å². The molecular formula is C8H10N2O3S. The van der Waals surface area contributed by atoms with Crippen LogP contribution in [0, 0.1) is 0 Å². The summed E-state index contributed by atoms with van der Waals surface area (Å²) < 4.78 is 0. The smallest absolute Gasteiger partial charge is 0.347 e. The van der Waals surface area contributed by atoms with Crippen LogP contribution in [0.1, 0.15) is 16.1 Å². The first-order valence-electron chi connectivity index (χ1n) is 4.29. The van der Waals surface area contributed by atoms with Crippen molar-refractivity contribution < 1.29 is 15.0 Å². The predicted molar refractivity (Wildman–Crippen MR) is 51.9 cm³/mol. The number of aromatic carboxylic acids is 1. The molecule has 2 rings (SSSR count). The minimum Gasteiger partial charge on any atom is -0.477 e. The Morgan fingerprint density at radius 2 is 2.50 bits per heavy atom. The quantitative estimate of drug-likeness (QED) is 0.746. The lowest BCUT2D eigenvalue weighted by atomic mass is 10.3. The highest BCUT2D eigenvalue weighted by Crippen LogP contribution is 2.25. The number of carboxylic acids is 1. The van der Waals surface area contributed by atoms with E-state index in [-0.39, 0.29) is 11.0 Å². The van der Waals surface area contributed by atoms with Gasteiger partial charge in [-0.2, -0.15) is 0 Å². The van der Waals surface area contributed by atoms with Gasteiger partial charge >= 0.3 is 5.97 Å². The van der Waals surface area contributed by atoms with E-state index in [1.807, 2.05) is 4.90 Å². The van der Waals surface area contributed by atoms with E-state index in [9.17, 15) is 9.90 Å². The molecule has 1 aromatic heterocycles. The van der Waals surface area contributed by atoms with Gasteiger partial charge in [-0.3, -0.25) is 0 Å². The lowest BCUT2D eigenvalue weighted by Gasteiger charge is -2.12. The molecule has 0 saturated carbocycles. The molecule has 0 aliphatic carbocycles. The van der Waals surface area contributed by atoms with Gasteiger partial charge in [-0.05, 0) is 6.42 Å². The lowest BCUT2D eigenvalue weighted by molar-refractivity contribution is 0.0702. The standard InChI is InChI=1S/C8H10N2O3S/c11-5-1-2-10(4-5)8-9-3-6(14-8)7(12)13/h3,5,11H,1-2,4H2,(H,12,13).